The minimum atomic E-state index is -3.22. The van der Waals surface area contributed by atoms with Crippen LogP contribution < -0.4 is 5.32 Å². The van der Waals surface area contributed by atoms with E-state index >= 15 is 0 Å². The first-order chi connectivity index (χ1) is 6.22. The Morgan fingerprint density at radius 2 is 1.93 bits per heavy atom. The highest BCUT2D eigenvalue weighted by atomic mass is 79.9. The molecule has 0 aliphatic rings. The number of sulfone groups is 1. The minimum Gasteiger partial charge on any atom is -0.354 e. The molecule has 0 aliphatic heterocycles. The normalized spacial score (nSPS) is 14.1. The predicted molar refractivity (Wildman–Crippen MR) is 60.3 cm³/mol. The Bertz CT molecular complexity index is 287. The van der Waals surface area contributed by atoms with Crippen molar-refractivity contribution in [2.75, 3.05) is 18.6 Å². The van der Waals surface area contributed by atoms with E-state index in [9.17, 15) is 13.2 Å². The average Bonchev–Trinajstić information content (AvgIpc) is 1.96. The van der Waals surface area contributed by atoms with Crippen molar-refractivity contribution in [3.8, 4) is 0 Å². The minimum absolute atomic E-state index is 0.172. The maximum atomic E-state index is 11.1. The molecule has 84 valence electrons. The summed E-state index contributed by atoms with van der Waals surface area (Å²) < 4.78 is 21.5. The Kier molecular flexibility index (Phi) is 5.66. The van der Waals surface area contributed by atoms with Crippen LogP contribution in [0.2, 0.25) is 0 Å². The standard InChI is InChI=1S/C8H16BrNO3S/c1-6(2)7(9)4-10-8(11)5-14(3,12)13/h6-7H,4-5H2,1-3H3,(H,10,11). The van der Waals surface area contributed by atoms with Gasteiger partial charge in [-0.1, -0.05) is 29.8 Å². The fourth-order valence-corrected chi connectivity index (χ4v) is 1.48. The first kappa shape index (κ1) is 13.9. The van der Waals surface area contributed by atoms with E-state index in [1.807, 2.05) is 13.8 Å². The Labute approximate surface area is 93.5 Å². The van der Waals surface area contributed by atoms with E-state index in [-0.39, 0.29) is 4.83 Å². The van der Waals surface area contributed by atoms with Crippen molar-refractivity contribution in [3.05, 3.63) is 0 Å². The summed E-state index contributed by atoms with van der Waals surface area (Å²) in [5.74, 6) is -0.490. The Balaban J connectivity index is 3.87. The van der Waals surface area contributed by atoms with Crippen LogP contribution in [-0.4, -0.2) is 37.7 Å². The van der Waals surface area contributed by atoms with Crippen LogP contribution in [0.3, 0.4) is 0 Å². The summed E-state index contributed by atoms with van der Waals surface area (Å²) in [6, 6.07) is 0. The maximum Gasteiger partial charge on any atom is 0.235 e. The molecular weight excluding hydrogens is 270 g/mol. The molecule has 1 N–H and O–H groups in total. The molecule has 6 heteroatoms. The van der Waals surface area contributed by atoms with E-state index in [4.69, 9.17) is 0 Å². The Morgan fingerprint density at radius 1 is 1.43 bits per heavy atom. The summed E-state index contributed by atoms with van der Waals surface area (Å²) in [5, 5.41) is 2.56. The third-order valence-corrected chi connectivity index (χ3v) is 3.78. The van der Waals surface area contributed by atoms with Crippen LogP contribution in [0.1, 0.15) is 13.8 Å². The largest absolute Gasteiger partial charge is 0.354 e. The molecule has 1 atom stereocenters. The maximum absolute atomic E-state index is 11.1. The van der Waals surface area contributed by atoms with E-state index in [1.165, 1.54) is 0 Å². The molecule has 0 rings (SSSR count). The lowest BCUT2D eigenvalue weighted by molar-refractivity contribution is -0.118. The molecule has 0 aliphatic carbocycles. The highest BCUT2D eigenvalue weighted by molar-refractivity contribution is 9.09. The molecule has 14 heavy (non-hydrogen) atoms. The second-order valence-electron chi connectivity index (χ2n) is 3.63. The molecule has 0 fully saturated rings. The van der Waals surface area contributed by atoms with Crippen LogP contribution in [-0.2, 0) is 14.6 Å². The third-order valence-electron chi connectivity index (χ3n) is 1.61. The highest BCUT2D eigenvalue weighted by Gasteiger charge is 2.13. The summed E-state index contributed by atoms with van der Waals surface area (Å²) in [6.07, 6.45) is 1.04. The summed E-state index contributed by atoms with van der Waals surface area (Å²) in [4.78, 5) is 11.2. The summed E-state index contributed by atoms with van der Waals surface area (Å²) in [6.45, 7) is 4.48. The van der Waals surface area contributed by atoms with Crippen molar-refractivity contribution < 1.29 is 13.2 Å². The molecule has 4 nitrogen and oxygen atoms in total. The van der Waals surface area contributed by atoms with Gasteiger partial charge in [0, 0.05) is 17.6 Å². The van der Waals surface area contributed by atoms with E-state index in [1.54, 1.807) is 0 Å². The van der Waals surface area contributed by atoms with Gasteiger partial charge in [0.15, 0.2) is 9.84 Å². The van der Waals surface area contributed by atoms with Gasteiger partial charge in [0.25, 0.3) is 0 Å². The molecular formula is C8H16BrNO3S. The zero-order chi connectivity index (χ0) is 11.4. The number of hydrogen-bond donors (Lipinski definition) is 1. The fourth-order valence-electron chi connectivity index (χ4n) is 0.736. The Morgan fingerprint density at radius 3 is 2.29 bits per heavy atom. The molecule has 0 heterocycles. The van der Waals surface area contributed by atoms with Crippen LogP contribution in [0.25, 0.3) is 0 Å². The van der Waals surface area contributed by atoms with E-state index in [0.717, 1.165) is 6.26 Å². The second kappa shape index (κ2) is 5.70. The van der Waals surface area contributed by atoms with Crippen LogP contribution >= 0.6 is 15.9 Å². The molecule has 0 spiro atoms. The van der Waals surface area contributed by atoms with Crippen LogP contribution in [0.4, 0.5) is 0 Å². The highest BCUT2D eigenvalue weighted by Crippen LogP contribution is 2.09. The summed E-state index contributed by atoms with van der Waals surface area (Å²) in [5.41, 5.74) is 0. The zero-order valence-corrected chi connectivity index (χ0v) is 11.0. The number of rotatable bonds is 5. The second-order valence-corrected chi connectivity index (χ2v) is 6.95. The zero-order valence-electron chi connectivity index (χ0n) is 8.58. The van der Waals surface area contributed by atoms with E-state index < -0.39 is 21.5 Å². The van der Waals surface area contributed by atoms with Gasteiger partial charge in [0.2, 0.25) is 5.91 Å². The van der Waals surface area contributed by atoms with Gasteiger partial charge in [-0.2, -0.15) is 0 Å². The molecule has 0 saturated carbocycles. The molecule has 0 saturated heterocycles. The topological polar surface area (TPSA) is 63.2 Å². The number of halogens is 1. The smallest absolute Gasteiger partial charge is 0.235 e. The van der Waals surface area contributed by atoms with Crippen molar-refractivity contribution in [3.63, 3.8) is 0 Å². The summed E-state index contributed by atoms with van der Waals surface area (Å²) >= 11 is 3.39. The third kappa shape index (κ3) is 7.32. The number of carbonyl (C=O) groups excluding carboxylic acids is 1. The van der Waals surface area contributed by atoms with E-state index in [0.29, 0.717) is 12.5 Å². The van der Waals surface area contributed by atoms with Gasteiger partial charge in [-0.3, -0.25) is 4.79 Å². The van der Waals surface area contributed by atoms with Crippen molar-refractivity contribution in [2.24, 2.45) is 5.92 Å². The number of nitrogens with one attached hydrogen (secondary N) is 1. The predicted octanol–water partition coefficient (Wildman–Crippen LogP) is 0.567. The van der Waals surface area contributed by atoms with Crippen molar-refractivity contribution in [1.29, 1.82) is 0 Å². The van der Waals surface area contributed by atoms with Crippen LogP contribution in [0.15, 0.2) is 0 Å². The van der Waals surface area contributed by atoms with Gasteiger partial charge in [-0.25, -0.2) is 8.42 Å². The average molecular weight is 286 g/mol. The lowest BCUT2D eigenvalue weighted by Crippen LogP contribution is -2.35. The molecule has 1 unspecified atom stereocenters. The van der Waals surface area contributed by atoms with Gasteiger partial charge >= 0.3 is 0 Å². The van der Waals surface area contributed by atoms with Gasteiger partial charge in [-0.15, -0.1) is 0 Å². The summed E-state index contributed by atoms with van der Waals surface area (Å²) in [7, 11) is -3.22. The number of amides is 1. The fraction of sp³-hybridized carbons (Fsp3) is 0.875. The number of carbonyl (C=O) groups is 1. The van der Waals surface area contributed by atoms with Gasteiger partial charge in [0.1, 0.15) is 5.75 Å². The lowest BCUT2D eigenvalue weighted by atomic mass is 10.1. The molecule has 0 aromatic carbocycles. The quantitative estimate of drug-likeness (QED) is 0.751. The molecule has 0 aromatic heterocycles. The first-order valence-corrected chi connectivity index (χ1v) is 7.28. The monoisotopic (exact) mass is 285 g/mol. The van der Waals surface area contributed by atoms with Crippen LogP contribution in [0.5, 0.6) is 0 Å². The number of hydrogen-bond acceptors (Lipinski definition) is 3. The molecule has 0 radical (unpaired) electrons. The van der Waals surface area contributed by atoms with Crippen molar-refractivity contribution in [1.82, 2.24) is 5.32 Å². The molecule has 1 amide bonds. The van der Waals surface area contributed by atoms with Crippen LogP contribution in [0, 0.1) is 5.92 Å². The molecule has 0 bridgehead atoms. The molecule has 0 aromatic rings. The lowest BCUT2D eigenvalue weighted by Gasteiger charge is -2.13. The SMILES string of the molecule is CC(C)C(Br)CNC(=O)CS(C)(=O)=O. The van der Waals surface area contributed by atoms with Gasteiger partial charge in [0.05, 0.1) is 0 Å². The Hall–Kier alpha value is -0.100. The van der Waals surface area contributed by atoms with E-state index in [2.05, 4.69) is 21.2 Å². The number of alkyl halides is 1. The van der Waals surface area contributed by atoms with Gasteiger partial charge < -0.3 is 5.32 Å². The van der Waals surface area contributed by atoms with Gasteiger partial charge in [-0.05, 0) is 5.92 Å². The van der Waals surface area contributed by atoms with Crippen molar-refractivity contribution >= 4 is 31.7 Å². The first-order valence-electron chi connectivity index (χ1n) is 4.31. The van der Waals surface area contributed by atoms with Crippen molar-refractivity contribution in [2.45, 2.75) is 18.7 Å².